The van der Waals surface area contributed by atoms with Crippen LogP contribution in [0.2, 0.25) is 0 Å². The Morgan fingerprint density at radius 1 is 1.41 bits per heavy atom. The van der Waals surface area contributed by atoms with E-state index in [0.717, 1.165) is 17.8 Å². The number of amides is 1. The Balaban J connectivity index is 2.28. The Labute approximate surface area is 103 Å². The highest BCUT2D eigenvalue weighted by molar-refractivity contribution is 5.78. The number of rotatable bonds is 6. The maximum Gasteiger partial charge on any atom is 0.226 e. The number of aromatic nitrogens is 1. The minimum Gasteiger partial charge on any atom is -0.354 e. The van der Waals surface area contributed by atoms with Crippen LogP contribution >= 0.6 is 0 Å². The van der Waals surface area contributed by atoms with Gasteiger partial charge in [0.2, 0.25) is 5.91 Å². The van der Waals surface area contributed by atoms with Gasteiger partial charge in [0.15, 0.2) is 0 Å². The molecule has 1 rings (SSSR count). The van der Waals surface area contributed by atoms with Gasteiger partial charge in [0.05, 0.1) is 12.1 Å². The van der Waals surface area contributed by atoms with E-state index in [1.54, 1.807) is 6.20 Å². The van der Waals surface area contributed by atoms with Crippen molar-refractivity contribution in [2.75, 3.05) is 13.1 Å². The molecule has 4 heteroatoms. The van der Waals surface area contributed by atoms with E-state index in [0.29, 0.717) is 19.0 Å². The third-order valence-corrected chi connectivity index (χ3v) is 2.45. The van der Waals surface area contributed by atoms with Gasteiger partial charge in [-0.25, -0.2) is 0 Å². The zero-order chi connectivity index (χ0) is 12.7. The monoisotopic (exact) mass is 235 g/mol. The first kappa shape index (κ1) is 13.6. The van der Waals surface area contributed by atoms with Gasteiger partial charge in [-0.05, 0) is 18.6 Å². The molecule has 0 atom stereocenters. The SMILES string of the molecule is Cc1cccnc1CC(=O)NCCNC(C)C. The lowest BCUT2D eigenvalue weighted by molar-refractivity contribution is -0.120. The first-order valence-corrected chi connectivity index (χ1v) is 6.00. The van der Waals surface area contributed by atoms with Gasteiger partial charge in [0.1, 0.15) is 0 Å². The average molecular weight is 235 g/mol. The number of carbonyl (C=O) groups is 1. The van der Waals surface area contributed by atoms with Crippen LogP contribution in [0.3, 0.4) is 0 Å². The van der Waals surface area contributed by atoms with Crippen LogP contribution in [-0.2, 0) is 11.2 Å². The zero-order valence-electron chi connectivity index (χ0n) is 10.8. The van der Waals surface area contributed by atoms with Crippen molar-refractivity contribution in [1.29, 1.82) is 0 Å². The van der Waals surface area contributed by atoms with E-state index in [9.17, 15) is 4.79 Å². The van der Waals surface area contributed by atoms with Gasteiger partial charge < -0.3 is 10.6 Å². The second-order valence-electron chi connectivity index (χ2n) is 4.40. The van der Waals surface area contributed by atoms with Crippen molar-refractivity contribution in [2.24, 2.45) is 0 Å². The molecule has 0 aliphatic carbocycles. The van der Waals surface area contributed by atoms with Crippen LogP contribution in [0.5, 0.6) is 0 Å². The Morgan fingerprint density at radius 3 is 2.82 bits per heavy atom. The minimum atomic E-state index is 0.0253. The van der Waals surface area contributed by atoms with E-state index in [1.165, 1.54) is 0 Å². The van der Waals surface area contributed by atoms with Crippen LogP contribution < -0.4 is 10.6 Å². The molecule has 1 amide bonds. The summed E-state index contributed by atoms with van der Waals surface area (Å²) in [6, 6.07) is 4.30. The normalized spacial score (nSPS) is 10.6. The highest BCUT2D eigenvalue weighted by atomic mass is 16.1. The number of hydrogen-bond donors (Lipinski definition) is 2. The van der Waals surface area contributed by atoms with Gasteiger partial charge >= 0.3 is 0 Å². The van der Waals surface area contributed by atoms with Crippen molar-refractivity contribution < 1.29 is 4.79 Å². The summed E-state index contributed by atoms with van der Waals surface area (Å²) in [7, 11) is 0. The fourth-order valence-corrected chi connectivity index (χ4v) is 1.48. The molecule has 94 valence electrons. The highest BCUT2D eigenvalue weighted by Gasteiger charge is 2.05. The van der Waals surface area contributed by atoms with Crippen LogP contribution in [0.1, 0.15) is 25.1 Å². The summed E-state index contributed by atoms with van der Waals surface area (Å²) in [5, 5.41) is 6.12. The molecular formula is C13H21N3O. The van der Waals surface area contributed by atoms with E-state index < -0.39 is 0 Å². The summed E-state index contributed by atoms with van der Waals surface area (Å²) in [5.74, 6) is 0.0253. The molecule has 0 fully saturated rings. The molecule has 0 spiro atoms. The molecule has 1 aromatic heterocycles. The second-order valence-corrected chi connectivity index (χ2v) is 4.40. The molecular weight excluding hydrogens is 214 g/mol. The van der Waals surface area contributed by atoms with E-state index in [1.807, 2.05) is 19.1 Å². The standard InChI is InChI=1S/C13H21N3O/c1-10(2)14-7-8-16-13(17)9-12-11(3)5-4-6-15-12/h4-6,10,14H,7-9H2,1-3H3,(H,16,17). The molecule has 0 saturated heterocycles. The maximum atomic E-state index is 11.6. The topological polar surface area (TPSA) is 54.0 Å². The fourth-order valence-electron chi connectivity index (χ4n) is 1.48. The summed E-state index contributed by atoms with van der Waals surface area (Å²) in [6.07, 6.45) is 2.07. The van der Waals surface area contributed by atoms with E-state index in [4.69, 9.17) is 0 Å². The summed E-state index contributed by atoms with van der Waals surface area (Å²) in [4.78, 5) is 15.8. The molecule has 4 nitrogen and oxygen atoms in total. The molecule has 1 heterocycles. The number of nitrogens with zero attached hydrogens (tertiary/aromatic N) is 1. The Bertz CT molecular complexity index is 363. The van der Waals surface area contributed by atoms with Crippen molar-refractivity contribution in [2.45, 2.75) is 33.2 Å². The lowest BCUT2D eigenvalue weighted by Gasteiger charge is -2.09. The zero-order valence-corrected chi connectivity index (χ0v) is 10.8. The molecule has 0 aromatic carbocycles. The number of nitrogens with one attached hydrogen (secondary N) is 2. The highest BCUT2D eigenvalue weighted by Crippen LogP contribution is 2.03. The van der Waals surface area contributed by atoms with Crippen LogP contribution in [0.4, 0.5) is 0 Å². The Kier molecular flexibility index (Phi) is 5.63. The lowest BCUT2D eigenvalue weighted by atomic mass is 10.1. The van der Waals surface area contributed by atoms with Crippen LogP contribution in [-0.4, -0.2) is 30.0 Å². The van der Waals surface area contributed by atoms with Crippen molar-refractivity contribution in [3.8, 4) is 0 Å². The fraction of sp³-hybridized carbons (Fsp3) is 0.538. The maximum absolute atomic E-state index is 11.6. The molecule has 0 bridgehead atoms. The second kappa shape index (κ2) is 7.01. The van der Waals surface area contributed by atoms with E-state index >= 15 is 0 Å². The van der Waals surface area contributed by atoms with Gasteiger partial charge in [-0.1, -0.05) is 19.9 Å². The third kappa shape index (κ3) is 5.45. The largest absolute Gasteiger partial charge is 0.354 e. The Morgan fingerprint density at radius 2 is 2.18 bits per heavy atom. The van der Waals surface area contributed by atoms with Crippen LogP contribution in [0.25, 0.3) is 0 Å². The quantitative estimate of drug-likeness (QED) is 0.725. The van der Waals surface area contributed by atoms with Crippen LogP contribution in [0.15, 0.2) is 18.3 Å². The molecule has 0 saturated carbocycles. The summed E-state index contributed by atoms with van der Waals surface area (Å²) >= 11 is 0. The predicted octanol–water partition coefficient (Wildman–Crippen LogP) is 1.05. The third-order valence-electron chi connectivity index (χ3n) is 2.45. The van der Waals surface area contributed by atoms with Gasteiger partial charge in [0.25, 0.3) is 0 Å². The van der Waals surface area contributed by atoms with Gasteiger partial charge in [-0.15, -0.1) is 0 Å². The predicted molar refractivity (Wildman–Crippen MR) is 68.8 cm³/mol. The molecule has 17 heavy (non-hydrogen) atoms. The molecule has 0 aliphatic heterocycles. The van der Waals surface area contributed by atoms with Crippen molar-refractivity contribution in [3.05, 3.63) is 29.6 Å². The van der Waals surface area contributed by atoms with Crippen LogP contribution in [0, 0.1) is 6.92 Å². The van der Waals surface area contributed by atoms with E-state index in [2.05, 4.69) is 29.5 Å². The first-order valence-electron chi connectivity index (χ1n) is 6.00. The molecule has 0 aliphatic rings. The summed E-state index contributed by atoms with van der Waals surface area (Å²) in [6.45, 7) is 7.58. The molecule has 0 unspecified atom stereocenters. The minimum absolute atomic E-state index is 0.0253. The number of hydrogen-bond acceptors (Lipinski definition) is 3. The Hall–Kier alpha value is -1.42. The summed E-state index contributed by atoms with van der Waals surface area (Å²) in [5.41, 5.74) is 1.91. The molecule has 2 N–H and O–H groups in total. The van der Waals surface area contributed by atoms with Crippen molar-refractivity contribution in [3.63, 3.8) is 0 Å². The smallest absolute Gasteiger partial charge is 0.226 e. The van der Waals surface area contributed by atoms with Crippen molar-refractivity contribution >= 4 is 5.91 Å². The van der Waals surface area contributed by atoms with Crippen molar-refractivity contribution in [1.82, 2.24) is 15.6 Å². The first-order chi connectivity index (χ1) is 8.09. The van der Waals surface area contributed by atoms with Gasteiger partial charge in [-0.3, -0.25) is 9.78 Å². The molecule has 0 radical (unpaired) electrons. The van der Waals surface area contributed by atoms with E-state index in [-0.39, 0.29) is 5.91 Å². The lowest BCUT2D eigenvalue weighted by Crippen LogP contribution is -2.35. The number of aryl methyl sites for hydroxylation is 1. The number of carbonyl (C=O) groups excluding carboxylic acids is 1. The van der Waals surface area contributed by atoms with Gasteiger partial charge in [0, 0.05) is 25.3 Å². The summed E-state index contributed by atoms with van der Waals surface area (Å²) < 4.78 is 0. The molecule has 1 aromatic rings. The van der Waals surface area contributed by atoms with Gasteiger partial charge in [-0.2, -0.15) is 0 Å². The average Bonchev–Trinajstić information content (AvgIpc) is 2.27. The number of pyridine rings is 1.